The lowest BCUT2D eigenvalue weighted by atomic mass is 10.1. The van der Waals surface area contributed by atoms with Crippen molar-refractivity contribution in [3.63, 3.8) is 0 Å². The van der Waals surface area contributed by atoms with Crippen molar-refractivity contribution in [1.82, 2.24) is 4.98 Å². The minimum absolute atomic E-state index is 0.820. The van der Waals surface area contributed by atoms with E-state index in [2.05, 4.69) is 35.9 Å². The molecule has 2 N–H and O–H groups in total. The third kappa shape index (κ3) is 3.47. The van der Waals surface area contributed by atoms with E-state index in [4.69, 9.17) is 5.73 Å². The summed E-state index contributed by atoms with van der Waals surface area (Å²) in [4.78, 5) is 6.54. The van der Waals surface area contributed by atoms with Crippen molar-refractivity contribution in [3.05, 3.63) is 53.9 Å². The number of nitrogen functional groups attached to an aromatic ring is 1. The van der Waals surface area contributed by atoms with Crippen LogP contribution < -0.4 is 10.6 Å². The monoisotopic (exact) mass is 255 g/mol. The van der Waals surface area contributed by atoms with E-state index in [-0.39, 0.29) is 0 Å². The third-order valence-corrected chi connectivity index (χ3v) is 3.15. The van der Waals surface area contributed by atoms with Gasteiger partial charge in [-0.15, -0.1) is 0 Å². The lowest BCUT2D eigenvalue weighted by Gasteiger charge is -2.26. The van der Waals surface area contributed by atoms with Crippen LogP contribution in [0.2, 0.25) is 0 Å². The Balaban J connectivity index is 2.24. The van der Waals surface area contributed by atoms with E-state index >= 15 is 0 Å². The summed E-state index contributed by atoms with van der Waals surface area (Å²) in [5.41, 5.74) is 10.4. The third-order valence-electron chi connectivity index (χ3n) is 3.15. The maximum Gasteiger partial charge on any atom is 0.0430 e. The highest BCUT2D eigenvalue weighted by molar-refractivity contribution is 5.52. The van der Waals surface area contributed by atoms with Crippen LogP contribution in [0.5, 0.6) is 0 Å². The quantitative estimate of drug-likeness (QED) is 0.833. The molecule has 1 aromatic carbocycles. The highest BCUT2D eigenvalue weighted by atomic mass is 15.1. The van der Waals surface area contributed by atoms with Crippen molar-refractivity contribution < 1.29 is 0 Å². The van der Waals surface area contributed by atoms with E-state index in [0.717, 1.165) is 25.2 Å². The molecule has 0 saturated heterocycles. The van der Waals surface area contributed by atoms with Crippen LogP contribution in [-0.2, 0) is 6.54 Å². The zero-order valence-electron chi connectivity index (χ0n) is 11.6. The second-order valence-electron chi connectivity index (χ2n) is 4.83. The Morgan fingerprint density at radius 1 is 1.26 bits per heavy atom. The Labute approximate surface area is 115 Å². The molecule has 0 aliphatic rings. The number of aryl methyl sites for hydroxylation is 1. The molecule has 2 rings (SSSR count). The number of hydrogen-bond donors (Lipinski definition) is 1. The molecule has 0 aliphatic heterocycles. The number of hydrogen-bond acceptors (Lipinski definition) is 3. The Morgan fingerprint density at radius 3 is 2.79 bits per heavy atom. The van der Waals surface area contributed by atoms with Gasteiger partial charge in [-0.25, -0.2) is 0 Å². The largest absolute Gasteiger partial charge is 0.399 e. The number of aromatic nitrogens is 1. The fraction of sp³-hybridized carbons (Fsp3) is 0.312. The first kappa shape index (κ1) is 13.4. The topological polar surface area (TPSA) is 42.1 Å². The molecular formula is C16H21N3. The number of nitrogens with two attached hydrogens (primary N) is 1. The maximum atomic E-state index is 5.85. The predicted octanol–water partition coefficient (Wildman–Crippen LogP) is 3.39. The zero-order valence-corrected chi connectivity index (χ0v) is 11.6. The minimum Gasteiger partial charge on any atom is -0.399 e. The van der Waals surface area contributed by atoms with Gasteiger partial charge in [-0.2, -0.15) is 0 Å². The van der Waals surface area contributed by atoms with Crippen molar-refractivity contribution in [1.29, 1.82) is 0 Å². The van der Waals surface area contributed by atoms with Crippen LogP contribution in [0.3, 0.4) is 0 Å². The van der Waals surface area contributed by atoms with E-state index < -0.39 is 0 Å². The van der Waals surface area contributed by atoms with E-state index in [9.17, 15) is 0 Å². The molecule has 100 valence electrons. The van der Waals surface area contributed by atoms with Crippen molar-refractivity contribution in [2.45, 2.75) is 26.8 Å². The van der Waals surface area contributed by atoms with Crippen LogP contribution in [0.15, 0.2) is 42.7 Å². The van der Waals surface area contributed by atoms with E-state index in [0.29, 0.717) is 0 Å². The van der Waals surface area contributed by atoms with Gasteiger partial charge in [0.2, 0.25) is 0 Å². The van der Waals surface area contributed by atoms with Gasteiger partial charge in [-0.05, 0) is 42.7 Å². The van der Waals surface area contributed by atoms with Crippen LogP contribution in [-0.4, -0.2) is 11.5 Å². The Morgan fingerprint density at radius 2 is 2.11 bits per heavy atom. The predicted molar refractivity (Wildman–Crippen MR) is 81.2 cm³/mol. The molecule has 19 heavy (non-hydrogen) atoms. The molecule has 0 aliphatic carbocycles. The number of nitrogens with zero attached hydrogens (tertiary/aromatic N) is 2. The normalized spacial score (nSPS) is 10.4. The first-order valence-corrected chi connectivity index (χ1v) is 6.70. The highest BCUT2D eigenvalue weighted by Gasteiger charge is 2.09. The fourth-order valence-electron chi connectivity index (χ4n) is 2.29. The van der Waals surface area contributed by atoms with Crippen LogP contribution in [0, 0.1) is 6.92 Å². The van der Waals surface area contributed by atoms with Crippen molar-refractivity contribution in [3.8, 4) is 0 Å². The maximum absolute atomic E-state index is 5.85. The molecule has 2 aromatic rings. The average Bonchev–Trinajstić information content (AvgIpc) is 2.39. The number of benzene rings is 1. The van der Waals surface area contributed by atoms with Crippen LogP contribution in [0.4, 0.5) is 11.4 Å². The summed E-state index contributed by atoms with van der Waals surface area (Å²) < 4.78 is 0. The first-order valence-electron chi connectivity index (χ1n) is 6.70. The first-order chi connectivity index (χ1) is 9.20. The van der Waals surface area contributed by atoms with Crippen LogP contribution >= 0.6 is 0 Å². The summed E-state index contributed by atoms with van der Waals surface area (Å²) in [5, 5.41) is 0. The molecule has 0 radical (unpaired) electrons. The summed E-state index contributed by atoms with van der Waals surface area (Å²) in [6.45, 7) is 6.20. The molecular weight excluding hydrogens is 234 g/mol. The van der Waals surface area contributed by atoms with Gasteiger partial charge in [0.05, 0.1) is 0 Å². The van der Waals surface area contributed by atoms with Gasteiger partial charge in [-0.3, -0.25) is 4.98 Å². The second kappa shape index (κ2) is 6.23. The zero-order chi connectivity index (χ0) is 13.7. The summed E-state index contributed by atoms with van der Waals surface area (Å²) in [6, 6.07) is 10.2. The number of anilines is 2. The molecule has 3 heteroatoms. The Kier molecular flexibility index (Phi) is 4.39. The van der Waals surface area contributed by atoms with Gasteiger partial charge >= 0.3 is 0 Å². The van der Waals surface area contributed by atoms with Crippen LogP contribution in [0.1, 0.15) is 24.5 Å². The molecule has 0 unspecified atom stereocenters. The standard InChI is InChI=1S/C16H21N3/c1-3-9-19(16-7-8-18-11-13(16)2)12-14-5-4-6-15(17)10-14/h4-8,10-11H,3,9,12,17H2,1-2H3. The van der Waals surface area contributed by atoms with Crippen molar-refractivity contribution >= 4 is 11.4 Å². The molecule has 0 spiro atoms. The van der Waals surface area contributed by atoms with Crippen molar-refractivity contribution in [2.75, 3.05) is 17.2 Å². The molecule has 0 amide bonds. The summed E-state index contributed by atoms with van der Waals surface area (Å²) in [7, 11) is 0. The van der Waals surface area contributed by atoms with Crippen molar-refractivity contribution in [2.24, 2.45) is 0 Å². The molecule has 0 atom stereocenters. The fourth-order valence-corrected chi connectivity index (χ4v) is 2.29. The second-order valence-corrected chi connectivity index (χ2v) is 4.83. The van der Waals surface area contributed by atoms with Gasteiger partial charge < -0.3 is 10.6 Å². The van der Waals surface area contributed by atoms with E-state index in [1.165, 1.54) is 16.8 Å². The van der Waals surface area contributed by atoms with E-state index in [1.54, 1.807) is 0 Å². The van der Waals surface area contributed by atoms with Crippen LogP contribution in [0.25, 0.3) is 0 Å². The SMILES string of the molecule is CCCN(Cc1cccc(N)c1)c1ccncc1C. The number of pyridine rings is 1. The summed E-state index contributed by atoms with van der Waals surface area (Å²) >= 11 is 0. The molecule has 1 aromatic heterocycles. The summed E-state index contributed by atoms with van der Waals surface area (Å²) in [5.74, 6) is 0. The Bertz CT molecular complexity index is 537. The minimum atomic E-state index is 0.820. The Hall–Kier alpha value is -2.03. The lowest BCUT2D eigenvalue weighted by molar-refractivity contribution is 0.764. The highest BCUT2D eigenvalue weighted by Crippen LogP contribution is 2.21. The van der Waals surface area contributed by atoms with Gasteiger partial charge in [0, 0.05) is 36.9 Å². The summed E-state index contributed by atoms with van der Waals surface area (Å²) in [6.07, 6.45) is 4.88. The molecule has 0 saturated carbocycles. The molecule has 3 nitrogen and oxygen atoms in total. The number of rotatable bonds is 5. The van der Waals surface area contributed by atoms with Gasteiger partial charge in [0.25, 0.3) is 0 Å². The van der Waals surface area contributed by atoms with Gasteiger partial charge in [-0.1, -0.05) is 19.1 Å². The smallest absolute Gasteiger partial charge is 0.0430 e. The van der Waals surface area contributed by atoms with Gasteiger partial charge in [0.15, 0.2) is 0 Å². The van der Waals surface area contributed by atoms with E-state index in [1.807, 2.05) is 30.6 Å². The lowest BCUT2D eigenvalue weighted by Crippen LogP contribution is -2.24. The van der Waals surface area contributed by atoms with Gasteiger partial charge in [0.1, 0.15) is 0 Å². The molecule has 0 bridgehead atoms. The molecule has 1 heterocycles. The average molecular weight is 255 g/mol. The molecule has 0 fully saturated rings.